The number of amides is 1. The average molecular weight is 497 g/mol. The molecule has 11 heteroatoms. The summed E-state index contributed by atoms with van der Waals surface area (Å²) < 4.78 is 28.0. The number of hydrogen-bond acceptors (Lipinski definition) is 8. The summed E-state index contributed by atoms with van der Waals surface area (Å²) in [4.78, 5) is 23.9. The van der Waals surface area contributed by atoms with E-state index in [9.17, 15) is 13.2 Å². The Kier molecular flexibility index (Phi) is 7.41. The number of rotatable bonds is 7. The number of hydroxylamine groups is 1. The Hall–Kier alpha value is -3.38. The molecule has 4 rings (SSSR count). The lowest BCUT2D eigenvalue weighted by molar-refractivity contribution is 0.0705. The third-order valence-corrected chi connectivity index (χ3v) is 7.74. The molecular formula is C24H28N6O4S. The molecule has 2 heterocycles. The molecule has 3 aromatic rings. The Balaban J connectivity index is 1.44. The fraction of sp³-hybridized carbons (Fsp3) is 0.292. The third-order valence-electron chi connectivity index (χ3n) is 5.83. The smallest absolute Gasteiger partial charge is 0.277 e. The summed E-state index contributed by atoms with van der Waals surface area (Å²) >= 11 is 0. The van der Waals surface area contributed by atoms with Crippen LogP contribution in [0.1, 0.15) is 15.9 Å². The predicted octanol–water partition coefficient (Wildman–Crippen LogP) is 1.84. The zero-order valence-electron chi connectivity index (χ0n) is 19.6. The predicted molar refractivity (Wildman–Crippen MR) is 132 cm³/mol. The maximum atomic E-state index is 13.2. The van der Waals surface area contributed by atoms with Gasteiger partial charge < -0.3 is 9.80 Å². The zero-order valence-corrected chi connectivity index (χ0v) is 20.4. The van der Waals surface area contributed by atoms with Crippen molar-refractivity contribution in [2.45, 2.75) is 11.4 Å². The van der Waals surface area contributed by atoms with Gasteiger partial charge >= 0.3 is 0 Å². The highest BCUT2D eigenvalue weighted by molar-refractivity contribution is 7.89. The molecule has 2 aromatic carbocycles. The number of carbonyl (C=O) groups is 1. The van der Waals surface area contributed by atoms with Gasteiger partial charge in [-0.3, -0.25) is 10.0 Å². The van der Waals surface area contributed by atoms with Crippen LogP contribution >= 0.6 is 0 Å². The second kappa shape index (κ2) is 10.5. The van der Waals surface area contributed by atoms with E-state index < -0.39 is 15.9 Å². The number of aromatic nitrogens is 2. The largest absolute Gasteiger partial charge is 0.338 e. The van der Waals surface area contributed by atoms with Crippen molar-refractivity contribution in [2.75, 3.05) is 45.2 Å². The van der Waals surface area contributed by atoms with Crippen LogP contribution in [0.4, 0.5) is 5.95 Å². The van der Waals surface area contributed by atoms with Gasteiger partial charge in [0.1, 0.15) is 0 Å². The quantitative estimate of drug-likeness (QED) is 0.376. The number of sulfonamides is 1. The summed E-state index contributed by atoms with van der Waals surface area (Å²) in [5.41, 5.74) is 4.90. The van der Waals surface area contributed by atoms with Crippen LogP contribution in [-0.4, -0.2) is 79.0 Å². The van der Waals surface area contributed by atoms with Crippen molar-refractivity contribution in [1.82, 2.24) is 24.7 Å². The van der Waals surface area contributed by atoms with E-state index in [2.05, 4.69) is 20.9 Å². The number of nitrogens with one attached hydrogen (secondary N) is 1. The van der Waals surface area contributed by atoms with Crippen LogP contribution in [0.3, 0.4) is 0 Å². The number of piperazine rings is 1. The van der Waals surface area contributed by atoms with E-state index in [1.54, 1.807) is 12.1 Å². The van der Waals surface area contributed by atoms with Crippen molar-refractivity contribution >= 4 is 21.9 Å². The van der Waals surface area contributed by atoms with Crippen LogP contribution in [0, 0.1) is 0 Å². The lowest BCUT2D eigenvalue weighted by atomic mass is 9.99. The molecule has 0 radical (unpaired) electrons. The molecule has 35 heavy (non-hydrogen) atoms. The van der Waals surface area contributed by atoms with Crippen molar-refractivity contribution in [2.24, 2.45) is 0 Å². The fourth-order valence-corrected chi connectivity index (χ4v) is 5.45. The molecule has 1 aliphatic rings. The molecule has 1 saturated heterocycles. The first kappa shape index (κ1) is 24.7. The molecule has 1 aromatic heterocycles. The van der Waals surface area contributed by atoms with Crippen LogP contribution in [-0.2, 0) is 16.6 Å². The van der Waals surface area contributed by atoms with Crippen LogP contribution < -0.4 is 10.4 Å². The summed E-state index contributed by atoms with van der Waals surface area (Å²) in [6.45, 7) is 2.21. The first-order valence-corrected chi connectivity index (χ1v) is 12.6. The topological polar surface area (TPSA) is 119 Å². The van der Waals surface area contributed by atoms with Gasteiger partial charge in [0, 0.05) is 45.1 Å². The molecule has 0 saturated carbocycles. The van der Waals surface area contributed by atoms with Gasteiger partial charge in [-0.15, -0.1) is 0 Å². The molecule has 184 valence electrons. The highest BCUT2D eigenvalue weighted by Gasteiger charge is 2.29. The molecule has 0 spiro atoms. The Bertz CT molecular complexity index is 1270. The molecular weight excluding hydrogens is 468 g/mol. The van der Waals surface area contributed by atoms with Crippen LogP contribution in [0.15, 0.2) is 65.8 Å². The van der Waals surface area contributed by atoms with E-state index >= 15 is 0 Å². The van der Waals surface area contributed by atoms with Crippen molar-refractivity contribution in [3.63, 3.8) is 0 Å². The van der Waals surface area contributed by atoms with Crippen molar-refractivity contribution < 1.29 is 18.4 Å². The Morgan fingerprint density at radius 2 is 1.63 bits per heavy atom. The molecule has 0 unspecified atom stereocenters. The van der Waals surface area contributed by atoms with Crippen LogP contribution in [0.2, 0.25) is 0 Å². The molecule has 0 atom stereocenters. The lowest BCUT2D eigenvalue weighted by Crippen LogP contribution is -2.49. The number of benzene rings is 2. The van der Waals surface area contributed by atoms with Gasteiger partial charge in [0.25, 0.3) is 5.91 Å². The number of carbonyl (C=O) groups excluding carboxylic acids is 1. The highest BCUT2D eigenvalue weighted by Crippen LogP contribution is 2.27. The van der Waals surface area contributed by atoms with Crippen LogP contribution in [0.5, 0.6) is 0 Å². The third kappa shape index (κ3) is 5.49. The van der Waals surface area contributed by atoms with Gasteiger partial charge in [0.15, 0.2) is 0 Å². The minimum absolute atomic E-state index is 0.130. The minimum Gasteiger partial charge on any atom is -0.338 e. The Labute approximate surface area is 204 Å². The zero-order chi connectivity index (χ0) is 25.0. The summed E-state index contributed by atoms with van der Waals surface area (Å²) in [5, 5.41) is 8.69. The monoisotopic (exact) mass is 496 g/mol. The van der Waals surface area contributed by atoms with E-state index in [0.717, 1.165) is 17.7 Å². The minimum atomic E-state index is -3.64. The first-order valence-electron chi connectivity index (χ1n) is 11.1. The normalized spacial score (nSPS) is 14.8. The summed E-state index contributed by atoms with van der Waals surface area (Å²) in [6.07, 6.45) is 2.63. The molecule has 10 nitrogen and oxygen atoms in total. The van der Waals surface area contributed by atoms with E-state index in [4.69, 9.17) is 5.21 Å². The van der Waals surface area contributed by atoms with Gasteiger partial charge in [-0.25, -0.2) is 23.9 Å². The van der Waals surface area contributed by atoms with E-state index in [1.807, 2.05) is 49.3 Å². The van der Waals surface area contributed by atoms with Gasteiger partial charge in [-0.05, 0) is 42.9 Å². The van der Waals surface area contributed by atoms with Crippen molar-refractivity contribution in [3.8, 4) is 11.1 Å². The van der Waals surface area contributed by atoms with E-state index in [0.29, 0.717) is 19.0 Å². The summed E-state index contributed by atoms with van der Waals surface area (Å²) in [6, 6.07) is 15.2. The van der Waals surface area contributed by atoms with Gasteiger partial charge in [0.05, 0.1) is 10.5 Å². The maximum Gasteiger partial charge on any atom is 0.277 e. The molecule has 1 fully saturated rings. The van der Waals surface area contributed by atoms with Crippen molar-refractivity contribution in [3.05, 3.63) is 72.1 Å². The van der Waals surface area contributed by atoms with Crippen LogP contribution in [0.25, 0.3) is 11.1 Å². The Morgan fingerprint density at radius 1 is 1.00 bits per heavy atom. The number of anilines is 1. The lowest BCUT2D eigenvalue weighted by Gasteiger charge is -2.34. The summed E-state index contributed by atoms with van der Waals surface area (Å²) in [5.74, 6) is -0.294. The average Bonchev–Trinajstić information content (AvgIpc) is 2.88. The van der Waals surface area contributed by atoms with Gasteiger partial charge in [-0.1, -0.05) is 36.4 Å². The van der Waals surface area contributed by atoms with E-state index in [1.165, 1.54) is 27.7 Å². The molecule has 1 aliphatic heterocycles. The second-order valence-corrected chi connectivity index (χ2v) is 10.5. The number of hydrogen-bond donors (Lipinski definition) is 2. The SMILES string of the molecule is CN(C)Cc1ccccc1-c1ccc(S(=O)(=O)N2CCN(c3ncc(C(=O)NO)cn3)CC2)cc1. The van der Waals surface area contributed by atoms with Gasteiger partial charge in [0.2, 0.25) is 16.0 Å². The highest BCUT2D eigenvalue weighted by atomic mass is 32.2. The second-order valence-electron chi connectivity index (χ2n) is 8.52. The maximum absolute atomic E-state index is 13.2. The summed E-state index contributed by atoms with van der Waals surface area (Å²) in [7, 11) is 0.394. The Morgan fingerprint density at radius 3 is 2.23 bits per heavy atom. The van der Waals surface area contributed by atoms with Crippen molar-refractivity contribution in [1.29, 1.82) is 0 Å². The van der Waals surface area contributed by atoms with E-state index in [-0.39, 0.29) is 23.5 Å². The molecule has 1 amide bonds. The molecule has 0 bridgehead atoms. The molecule has 0 aliphatic carbocycles. The number of nitrogens with zero attached hydrogens (tertiary/aromatic N) is 5. The molecule has 2 N–H and O–H groups in total. The first-order chi connectivity index (χ1) is 16.8. The van der Waals surface area contributed by atoms with Gasteiger partial charge in [-0.2, -0.15) is 4.31 Å². The standard InChI is InChI=1S/C24H28N6O4S/c1-28(2)17-19-5-3-4-6-22(19)18-7-9-21(10-8-18)35(33,34)30-13-11-29(12-14-30)24-25-15-20(16-26-24)23(31)27-32/h3-10,15-16,32H,11-14,17H2,1-2H3,(H,27,31). The fourth-order valence-electron chi connectivity index (χ4n) is 4.03.